The maximum Gasteiger partial charge on any atom is 0.323 e. The Morgan fingerprint density at radius 2 is 1.12 bits per heavy atom. The smallest absolute Gasteiger partial charge is 0.323 e. The van der Waals surface area contributed by atoms with Gasteiger partial charge in [-0.3, -0.25) is 9.59 Å². The number of aliphatic imine (C=N–C) groups is 1. The van der Waals surface area contributed by atoms with Crippen molar-refractivity contribution >= 4 is 58.7 Å². The zero-order chi connectivity index (χ0) is 55.5. The highest BCUT2D eigenvalue weighted by Crippen LogP contribution is 2.20. The summed E-state index contributed by atoms with van der Waals surface area (Å²) in [5.74, 6) is 3.02. The topological polar surface area (TPSA) is 165 Å². The molecule has 0 aliphatic rings. The first-order chi connectivity index (χ1) is 36.1. The summed E-state index contributed by atoms with van der Waals surface area (Å²) in [4.78, 5) is 30.9. The van der Waals surface area contributed by atoms with Crippen molar-refractivity contribution in [1.29, 1.82) is 5.26 Å². The highest BCUT2D eigenvalue weighted by atomic mass is 32.2. The number of hydrogen-bond acceptors (Lipinski definition) is 11. The third-order valence-corrected chi connectivity index (χ3v) is 12.8. The van der Waals surface area contributed by atoms with Crippen molar-refractivity contribution in [3.05, 3.63) is 172 Å². The number of rotatable bonds is 27. The molecule has 75 heavy (non-hydrogen) atoms. The summed E-state index contributed by atoms with van der Waals surface area (Å²) in [6.45, 7) is 24.4. The predicted molar refractivity (Wildman–Crippen MR) is 319 cm³/mol. The maximum absolute atomic E-state index is 12.3. The zero-order valence-corrected chi connectivity index (χ0v) is 47.8. The Morgan fingerprint density at radius 3 is 1.59 bits per heavy atom. The number of nitrogens with one attached hydrogen (secondary N) is 2. The van der Waals surface area contributed by atoms with E-state index in [1.807, 2.05) is 78.9 Å². The van der Waals surface area contributed by atoms with Crippen molar-refractivity contribution in [2.75, 3.05) is 42.5 Å². The van der Waals surface area contributed by atoms with Gasteiger partial charge in [0.1, 0.15) is 16.9 Å². The van der Waals surface area contributed by atoms with E-state index in [9.17, 15) is 9.59 Å². The van der Waals surface area contributed by atoms with Gasteiger partial charge in [-0.05, 0) is 143 Å². The number of carbonyl (C=O) groups is 2. The van der Waals surface area contributed by atoms with E-state index in [2.05, 4.69) is 122 Å². The number of thioether (sulfide) groups is 2. The molecular formula is C61H83N7O5S2. The van der Waals surface area contributed by atoms with E-state index in [1.54, 1.807) is 41.8 Å². The Morgan fingerprint density at radius 1 is 0.667 bits per heavy atom. The van der Waals surface area contributed by atoms with Gasteiger partial charge in [-0.2, -0.15) is 40.4 Å². The number of nitriles is 1. The molecule has 0 amide bonds. The fourth-order valence-corrected chi connectivity index (χ4v) is 8.53. The molecule has 0 spiro atoms. The summed E-state index contributed by atoms with van der Waals surface area (Å²) in [6.07, 6.45) is 24.7. The van der Waals surface area contributed by atoms with Crippen molar-refractivity contribution in [3.8, 4) is 11.9 Å². The molecule has 0 aliphatic carbocycles. The average Bonchev–Trinajstić information content (AvgIpc) is 3.39. The molecular weight excluding hydrogens is 975 g/mol. The SMILES string of the molecule is COC(=O)C(N)CSC/C=C(\C)CC/C=C(\C)CCC=C(C)C.N#CNC(=Nc1ccccc1)Oc1ccccc1.[C-]#[N+]/N=C(/CC(CSC/C=C(\C)CC/C=C(\C)CCC=C(C)C)C(=O)OC)Nc1ccccc1. The van der Waals surface area contributed by atoms with Crippen LogP contribution in [0, 0.1) is 23.9 Å². The van der Waals surface area contributed by atoms with E-state index < -0.39 is 6.04 Å². The van der Waals surface area contributed by atoms with Gasteiger partial charge in [-0.15, -0.1) is 4.95 Å². The van der Waals surface area contributed by atoms with Crippen LogP contribution in [0.1, 0.15) is 113 Å². The van der Waals surface area contributed by atoms with Crippen LogP contribution in [-0.2, 0) is 19.1 Å². The molecule has 0 aromatic heterocycles. The van der Waals surface area contributed by atoms with Crippen LogP contribution in [0.3, 0.4) is 0 Å². The number of anilines is 1. The standard InChI is InChI=1S/C28H39N3O2S.C19H33NO2S.C14H11N3O/c1-22(2)12-10-13-23(3)14-11-15-24(4)18-19-34-21-25(28(32)33-6)20-27(31-29-5)30-26-16-8-7-9-17-26;1-15(2)8-6-9-16(3)10-7-11-17(4)12-13-23-14-18(20)19(21)22-5;15-11-16-14(17-12-7-3-1-4-8-12)18-13-9-5-2-6-10-13/h7-9,12,14,16-18,25H,10-11,13,15,19-21H2,1-4,6H3,(H,30,31);8,10,12,18H,6-7,9,11,13-14,20H2,1-5H3;1-10H,(H,16,17)/b23-14+,24-18+;16-10+,17-12+;. The molecule has 2 unspecified atom stereocenters. The molecule has 2 atom stereocenters. The molecule has 0 heterocycles. The van der Waals surface area contributed by atoms with Gasteiger partial charge >= 0.3 is 18.0 Å². The van der Waals surface area contributed by atoms with Crippen LogP contribution in [0.5, 0.6) is 5.75 Å². The normalized spacial score (nSPS) is 12.7. The van der Waals surface area contributed by atoms with Crippen molar-refractivity contribution in [3.63, 3.8) is 0 Å². The Kier molecular flexibility index (Phi) is 37.9. The largest absolute Gasteiger partial charge is 0.469 e. The number of benzene rings is 3. The minimum Gasteiger partial charge on any atom is -0.469 e. The van der Waals surface area contributed by atoms with E-state index >= 15 is 0 Å². The average molecular weight is 1060 g/mol. The Labute approximate surface area is 458 Å². The quantitative estimate of drug-likeness (QED) is 0.00766. The minimum atomic E-state index is -0.523. The lowest BCUT2D eigenvalue weighted by Crippen LogP contribution is -2.33. The molecule has 404 valence electrons. The first-order valence-electron chi connectivity index (χ1n) is 25.3. The molecule has 12 nitrogen and oxygen atoms in total. The zero-order valence-electron chi connectivity index (χ0n) is 46.2. The Bertz CT molecular complexity index is 2430. The van der Waals surface area contributed by atoms with Crippen LogP contribution < -0.4 is 21.1 Å². The minimum absolute atomic E-state index is 0.148. The molecule has 3 rings (SSSR count). The van der Waals surface area contributed by atoms with Gasteiger partial charge in [0.15, 0.2) is 12.0 Å². The van der Waals surface area contributed by atoms with Crippen molar-refractivity contribution in [2.24, 2.45) is 21.7 Å². The molecule has 0 radical (unpaired) electrons. The van der Waals surface area contributed by atoms with Crippen LogP contribution in [0.25, 0.3) is 4.95 Å². The Hall–Kier alpha value is -6.58. The van der Waals surface area contributed by atoms with Crippen molar-refractivity contribution in [1.82, 2.24) is 5.32 Å². The predicted octanol–water partition coefficient (Wildman–Crippen LogP) is 15.1. The summed E-state index contributed by atoms with van der Waals surface area (Å²) in [6, 6.07) is 27.6. The van der Waals surface area contributed by atoms with Crippen LogP contribution >= 0.6 is 23.5 Å². The van der Waals surface area contributed by atoms with Gasteiger partial charge in [0.05, 0.1) is 25.8 Å². The maximum atomic E-state index is 12.3. The van der Waals surface area contributed by atoms with E-state index in [0.29, 0.717) is 35.2 Å². The first kappa shape index (κ1) is 66.4. The fraction of sp³-hybridized carbons (Fsp3) is 0.410. The van der Waals surface area contributed by atoms with Crippen LogP contribution in [-0.4, -0.2) is 67.1 Å². The van der Waals surface area contributed by atoms with E-state index in [-0.39, 0.29) is 23.9 Å². The number of nitrogens with zero attached hydrogens (tertiary/aromatic N) is 4. The highest BCUT2D eigenvalue weighted by molar-refractivity contribution is 7.99. The summed E-state index contributed by atoms with van der Waals surface area (Å²) >= 11 is 3.36. The lowest BCUT2D eigenvalue weighted by molar-refractivity contribution is -0.144. The van der Waals surface area contributed by atoms with Gasteiger partial charge in [-0.1, -0.05) is 124 Å². The lowest BCUT2D eigenvalue weighted by Gasteiger charge is -2.15. The van der Waals surface area contributed by atoms with Crippen LogP contribution in [0.4, 0.5) is 11.4 Å². The van der Waals surface area contributed by atoms with Crippen LogP contribution in [0.15, 0.2) is 171 Å². The molecule has 4 N–H and O–H groups in total. The Balaban J connectivity index is 0.000000595. The van der Waals surface area contributed by atoms with Gasteiger partial charge in [-0.25, -0.2) is 5.32 Å². The third-order valence-electron chi connectivity index (χ3n) is 10.8. The number of hydrogen-bond donors (Lipinski definition) is 3. The fourth-order valence-electron chi connectivity index (χ4n) is 6.52. The van der Waals surface area contributed by atoms with Gasteiger partial charge in [0.2, 0.25) is 0 Å². The number of para-hydroxylation sites is 3. The van der Waals surface area contributed by atoms with E-state index in [4.69, 9.17) is 27.0 Å². The van der Waals surface area contributed by atoms with Crippen molar-refractivity contribution in [2.45, 2.75) is 119 Å². The second-order valence-corrected chi connectivity index (χ2v) is 20.2. The number of amidine groups is 2. The molecule has 0 aliphatic heterocycles. The molecule has 0 bridgehead atoms. The second-order valence-electron chi connectivity index (χ2n) is 18.1. The van der Waals surface area contributed by atoms with E-state index in [1.165, 1.54) is 47.7 Å². The lowest BCUT2D eigenvalue weighted by atomic mass is 10.1. The number of allylic oxidation sites excluding steroid dienone is 10. The molecule has 3 aromatic carbocycles. The first-order valence-corrected chi connectivity index (χ1v) is 27.6. The number of carbonyl (C=O) groups excluding carboxylic acids is 2. The summed E-state index contributed by atoms with van der Waals surface area (Å²) < 4.78 is 15.1. The summed E-state index contributed by atoms with van der Waals surface area (Å²) in [5.41, 5.74) is 15.7. The number of methoxy groups -OCH3 is 2. The molecule has 0 fully saturated rings. The van der Waals surface area contributed by atoms with Crippen LogP contribution in [0.2, 0.25) is 0 Å². The highest BCUT2D eigenvalue weighted by Gasteiger charge is 2.23. The molecule has 0 saturated heterocycles. The summed E-state index contributed by atoms with van der Waals surface area (Å²) in [7, 11) is 2.77. The van der Waals surface area contributed by atoms with Gasteiger partial charge < -0.3 is 25.3 Å². The monoisotopic (exact) mass is 1060 g/mol. The van der Waals surface area contributed by atoms with Gasteiger partial charge in [0.25, 0.3) is 0 Å². The summed E-state index contributed by atoms with van der Waals surface area (Å²) in [5, 5.41) is 18.1. The second kappa shape index (κ2) is 42.7. The number of ether oxygens (including phenoxy) is 3. The van der Waals surface area contributed by atoms with E-state index in [0.717, 1.165) is 68.6 Å². The molecule has 3 aromatic rings. The third kappa shape index (κ3) is 36.1. The molecule has 14 heteroatoms. The number of nitrogens with two attached hydrogens (primary N) is 1. The number of esters is 2. The molecule has 0 saturated carbocycles. The van der Waals surface area contributed by atoms with Crippen molar-refractivity contribution < 1.29 is 23.8 Å². The van der Waals surface area contributed by atoms with Gasteiger partial charge in [0, 0.05) is 35.1 Å².